The highest BCUT2D eigenvalue weighted by molar-refractivity contribution is 5.79. The molecule has 1 aliphatic heterocycles. The van der Waals surface area contributed by atoms with E-state index in [0.717, 1.165) is 29.8 Å². The number of benzene rings is 1. The number of hydrogen-bond donors (Lipinski definition) is 0. The van der Waals surface area contributed by atoms with E-state index in [9.17, 15) is 4.79 Å². The third-order valence-corrected chi connectivity index (χ3v) is 3.90. The standard InChI is InChI=1S/C17H20N4O/c1-20(2)12-16(22)21-9-8-14-10-18-19-17(15(14)11-21)13-6-4-3-5-7-13/h3-7,10H,8-9,11-12H2,1-2H3. The van der Waals surface area contributed by atoms with Gasteiger partial charge in [0.05, 0.1) is 18.4 Å². The molecular weight excluding hydrogens is 276 g/mol. The van der Waals surface area contributed by atoms with Crippen molar-refractivity contribution in [1.29, 1.82) is 0 Å². The van der Waals surface area contributed by atoms with Crippen molar-refractivity contribution in [2.45, 2.75) is 13.0 Å². The van der Waals surface area contributed by atoms with Crippen molar-refractivity contribution in [2.75, 3.05) is 27.2 Å². The quantitative estimate of drug-likeness (QED) is 0.863. The summed E-state index contributed by atoms with van der Waals surface area (Å²) in [5.74, 6) is 0.159. The van der Waals surface area contributed by atoms with Crippen LogP contribution < -0.4 is 0 Å². The molecule has 0 radical (unpaired) electrons. The monoisotopic (exact) mass is 296 g/mol. The Morgan fingerprint density at radius 3 is 2.77 bits per heavy atom. The van der Waals surface area contributed by atoms with E-state index in [1.165, 1.54) is 5.56 Å². The maximum atomic E-state index is 12.3. The minimum absolute atomic E-state index is 0.159. The molecule has 0 spiro atoms. The van der Waals surface area contributed by atoms with Gasteiger partial charge in [0.2, 0.25) is 5.91 Å². The summed E-state index contributed by atoms with van der Waals surface area (Å²) >= 11 is 0. The molecule has 0 unspecified atom stereocenters. The summed E-state index contributed by atoms with van der Waals surface area (Å²) in [4.78, 5) is 16.1. The van der Waals surface area contributed by atoms with Crippen molar-refractivity contribution in [2.24, 2.45) is 0 Å². The number of carbonyl (C=O) groups excluding carboxylic acids is 1. The molecule has 0 N–H and O–H groups in total. The van der Waals surface area contributed by atoms with E-state index in [1.807, 2.05) is 60.4 Å². The summed E-state index contributed by atoms with van der Waals surface area (Å²) < 4.78 is 0. The lowest BCUT2D eigenvalue weighted by Crippen LogP contribution is -2.41. The predicted octanol–water partition coefficient (Wildman–Crippen LogP) is 1.59. The lowest BCUT2D eigenvalue weighted by molar-refractivity contribution is -0.132. The van der Waals surface area contributed by atoms with Gasteiger partial charge in [0, 0.05) is 24.2 Å². The van der Waals surface area contributed by atoms with Crippen molar-refractivity contribution in [3.8, 4) is 11.3 Å². The normalized spacial score (nSPS) is 14.0. The zero-order valence-corrected chi connectivity index (χ0v) is 13.0. The molecule has 5 nitrogen and oxygen atoms in total. The molecule has 0 bridgehead atoms. The maximum Gasteiger partial charge on any atom is 0.237 e. The number of hydrogen-bond acceptors (Lipinski definition) is 4. The van der Waals surface area contributed by atoms with E-state index >= 15 is 0 Å². The van der Waals surface area contributed by atoms with Gasteiger partial charge in [-0.25, -0.2) is 0 Å². The number of rotatable bonds is 3. The van der Waals surface area contributed by atoms with Crippen LogP contribution in [0.25, 0.3) is 11.3 Å². The third-order valence-electron chi connectivity index (χ3n) is 3.90. The second-order valence-corrected chi connectivity index (χ2v) is 5.87. The van der Waals surface area contributed by atoms with Crippen LogP contribution in [-0.2, 0) is 17.8 Å². The highest BCUT2D eigenvalue weighted by atomic mass is 16.2. The van der Waals surface area contributed by atoms with Gasteiger partial charge in [-0.3, -0.25) is 4.79 Å². The largest absolute Gasteiger partial charge is 0.337 e. The van der Waals surface area contributed by atoms with Crippen LogP contribution in [0.15, 0.2) is 36.5 Å². The van der Waals surface area contributed by atoms with Crippen molar-refractivity contribution in [3.05, 3.63) is 47.7 Å². The zero-order chi connectivity index (χ0) is 15.5. The van der Waals surface area contributed by atoms with Crippen LogP contribution in [0.2, 0.25) is 0 Å². The molecule has 0 saturated carbocycles. The molecule has 1 amide bonds. The van der Waals surface area contributed by atoms with E-state index in [1.54, 1.807) is 0 Å². The molecule has 5 heteroatoms. The fourth-order valence-electron chi connectivity index (χ4n) is 2.78. The molecule has 2 heterocycles. The molecule has 1 aliphatic rings. The first kappa shape index (κ1) is 14.7. The van der Waals surface area contributed by atoms with Gasteiger partial charge in [0.1, 0.15) is 0 Å². The van der Waals surface area contributed by atoms with Crippen LogP contribution in [0.1, 0.15) is 11.1 Å². The van der Waals surface area contributed by atoms with E-state index in [2.05, 4.69) is 10.2 Å². The highest BCUT2D eigenvalue weighted by Gasteiger charge is 2.24. The van der Waals surface area contributed by atoms with Crippen molar-refractivity contribution in [1.82, 2.24) is 20.0 Å². The van der Waals surface area contributed by atoms with Crippen molar-refractivity contribution >= 4 is 5.91 Å². The average Bonchev–Trinajstić information content (AvgIpc) is 2.54. The Hall–Kier alpha value is -2.27. The molecule has 3 rings (SSSR count). The first-order chi connectivity index (χ1) is 10.6. The second kappa shape index (κ2) is 6.23. The average molecular weight is 296 g/mol. The molecule has 0 aliphatic carbocycles. The molecule has 0 saturated heterocycles. The van der Waals surface area contributed by atoms with Crippen molar-refractivity contribution in [3.63, 3.8) is 0 Å². The SMILES string of the molecule is CN(C)CC(=O)N1CCc2cnnc(-c3ccccc3)c2C1. The maximum absolute atomic E-state index is 12.3. The number of amides is 1. The summed E-state index contributed by atoms with van der Waals surface area (Å²) in [7, 11) is 3.83. The molecule has 1 aromatic carbocycles. The Morgan fingerprint density at radius 1 is 1.27 bits per heavy atom. The van der Waals surface area contributed by atoms with Gasteiger partial charge in [0.25, 0.3) is 0 Å². The Morgan fingerprint density at radius 2 is 2.05 bits per heavy atom. The lowest BCUT2D eigenvalue weighted by atomic mass is 9.97. The highest BCUT2D eigenvalue weighted by Crippen LogP contribution is 2.27. The Kier molecular flexibility index (Phi) is 4.15. The predicted molar refractivity (Wildman–Crippen MR) is 85.1 cm³/mol. The van der Waals surface area contributed by atoms with Crippen LogP contribution in [0.3, 0.4) is 0 Å². The van der Waals surface area contributed by atoms with Crippen LogP contribution in [0.4, 0.5) is 0 Å². The van der Waals surface area contributed by atoms with Crippen LogP contribution in [0, 0.1) is 0 Å². The minimum Gasteiger partial charge on any atom is -0.337 e. The Bertz CT molecular complexity index is 670. The topological polar surface area (TPSA) is 49.3 Å². The first-order valence-corrected chi connectivity index (χ1v) is 7.46. The molecule has 22 heavy (non-hydrogen) atoms. The molecule has 0 atom stereocenters. The molecular formula is C17H20N4O. The lowest BCUT2D eigenvalue weighted by Gasteiger charge is -2.30. The van der Waals surface area contributed by atoms with E-state index in [0.29, 0.717) is 13.1 Å². The van der Waals surface area contributed by atoms with Crippen LogP contribution in [-0.4, -0.2) is 53.1 Å². The summed E-state index contributed by atoms with van der Waals surface area (Å²) in [6, 6.07) is 10.0. The smallest absolute Gasteiger partial charge is 0.237 e. The van der Waals surface area contributed by atoms with Crippen LogP contribution >= 0.6 is 0 Å². The zero-order valence-electron chi connectivity index (χ0n) is 13.0. The number of fused-ring (bicyclic) bond motifs is 1. The first-order valence-electron chi connectivity index (χ1n) is 7.46. The number of aromatic nitrogens is 2. The molecule has 2 aromatic rings. The van der Waals surface area contributed by atoms with Gasteiger partial charge in [-0.15, -0.1) is 0 Å². The number of nitrogens with zero attached hydrogens (tertiary/aromatic N) is 4. The molecule has 0 fully saturated rings. The summed E-state index contributed by atoms with van der Waals surface area (Å²) in [6.45, 7) is 1.80. The van der Waals surface area contributed by atoms with Crippen LogP contribution in [0.5, 0.6) is 0 Å². The number of likely N-dealkylation sites (N-methyl/N-ethyl adjacent to an activating group) is 1. The summed E-state index contributed by atoms with van der Waals surface area (Å²) in [6.07, 6.45) is 2.67. The van der Waals surface area contributed by atoms with Gasteiger partial charge < -0.3 is 9.80 Å². The van der Waals surface area contributed by atoms with E-state index in [-0.39, 0.29) is 5.91 Å². The van der Waals surface area contributed by atoms with E-state index < -0.39 is 0 Å². The molecule has 114 valence electrons. The van der Waals surface area contributed by atoms with Crippen molar-refractivity contribution < 1.29 is 4.79 Å². The summed E-state index contributed by atoms with van der Waals surface area (Å²) in [5.41, 5.74) is 4.26. The minimum atomic E-state index is 0.159. The van der Waals surface area contributed by atoms with E-state index in [4.69, 9.17) is 0 Å². The Labute approximate surface area is 130 Å². The summed E-state index contributed by atoms with van der Waals surface area (Å²) in [5, 5.41) is 8.45. The van der Waals surface area contributed by atoms with Gasteiger partial charge in [-0.1, -0.05) is 30.3 Å². The van der Waals surface area contributed by atoms with Gasteiger partial charge in [-0.2, -0.15) is 10.2 Å². The fourth-order valence-corrected chi connectivity index (χ4v) is 2.78. The Balaban J connectivity index is 1.91. The van der Waals surface area contributed by atoms with Gasteiger partial charge in [0.15, 0.2) is 0 Å². The van der Waals surface area contributed by atoms with Gasteiger partial charge >= 0.3 is 0 Å². The fraction of sp³-hybridized carbons (Fsp3) is 0.353. The van der Waals surface area contributed by atoms with Gasteiger partial charge in [-0.05, 0) is 26.1 Å². The second-order valence-electron chi connectivity index (χ2n) is 5.87. The number of carbonyl (C=O) groups is 1. The molecule has 1 aromatic heterocycles. The third kappa shape index (κ3) is 2.99.